The lowest BCUT2D eigenvalue weighted by Crippen LogP contribution is -2.40. The minimum Gasteiger partial charge on any atom is -0.291 e. The molecule has 1 aromatic heterocycles. The minimum absolute atomic E-state index is 0.181. The number of carbonyl (C=O) groups is 2. The van der Waals surface area contributed by atoms with Crippen molar-refractivity contribution < 1.29 is 9.59 Å². The third kappa shape index (κ3) is 4.09. The Hall–Kier alpha value is -3.34. The van der Waals surface area contributed by atoms with Crippen LogP contribution in [0.5, 0.6) is 0 Å². The molecule has 5 heteroatoms. The zero-order valence-electron chi connectivity index (χ0n) is 16.3. The zero-order chi connectivity index (χ0) is 20.1. The summed E-state index contributed by atoms with van der Waals surface area (Å²) in [6.45, 7) is 1.22. The van der Waals surface area contributed by atoms with Crippen molar-refractivity contribution in [2.75, 3.05) is 13.1 Å². The fraction of sp³-hybridized carbons (Fsp3) is 0.250. The maximum absolute atomic E-state index is 12.8. The fourth-order valence-electron chi connectivity index (χ4n) is 3.72. The normalized spacial score (nSPS) is 13.6. The first-order chi connectivity index (χ1) is 14.3. The first kappa shape index (κ1) is 19.0. The van der Waals surface area contributed by atoms with Crippen molar-refractivity contribution >= 4 is 28.8 Å². The van der Waals surface area contributed by atoms with E-state index in [-0.39, 0.29) is 11.8 Å². The molecule has 0 bridgehead atoms. The molecule has 3 aromatic rings. The van der Waals surface area contributed by atoms with Gasteiger partial charge in [-0.3, -0.25) is 24.5 Å². The summed E-state index contributed by atoms with van der Waals surface area (Å²) in [5, 5.41) is 1.72. The van der Waals surface area contributed by atoms with Gasteiger partial charge >= 0.3 is 0 Å². The molecule has 2 heterocycles. The van der Waals surface area contributed by atoms with Gasteiger partial charge in [-0.1, -0.05) is 43.2 Å². The van der Waals surface area contributed by atoms with Crippen LogP contribution in [0.4, 0.5) is 0 Å². The molecule has 146 valence electrons. The summed E-state index contributed by atoms with van der Waals surface area (Å²) in [6, 6.07) is 17.0. The van der Waals surface area contributed by atoms with Gasteiger partial charge in [0.1, 0.15) is 0 Å². The number of aromatic nitrogens is 1. The average molecular weight is 385 g/mol. The summed E-state index contributed by atoms with van der Waals surface area (Å²) >= 11 is 0. The Balaban J connectivity index is 1.27. The molecule has 0 aliphatic carbocycles. The molecule has 2 aromatic carbocycles. The second-order valence-electron chi connectivity index (χ2n) is 7.18. The van der Waals surface area contributed by atoms with Gasteiger partial charge in [-0.15, -0.1) is 0 Å². The highest BCUT2D eigenvalue weighted by Gasteiger charge is 2.31. The molecule has 5 nitrogen and oxygen atoms in total. The Labute approximate surface area is 170 Å². The zero-order valence-corrected chi connectivity index (χ0v) is 16.3. The fourth-order valence-corrected chi connectivity index (χ4v) is 3.72. The van der Waals surface area contributed by atoms with Crippen molar-refractivity contribution in [3.05, 3.63) is 77.6 Å². The molecule has 1 aliphatic heterocycles. The number of aliphatic imine (C=N–C) groups is 1. The van der Waals surface area contributed by atoms with Crippen molar-refractivity contribution in [2.45, 2.75) is 25.7 Å². The molecule has 1 aliphatic rings. The second-order valence-corrected chi connectivity index (χ2v) is 7.18. The van der Waals surface area contributed by atoms with Crippen LogP contribution in [-0.4, -0.2) is 41.0 Å². The Morgan fingerprint density at radius 2 is 1.55 bits per heavy atom. The predicted molar refractivity (Wildman–Crippen MR) is 114 cm³/mol. The van der Waals surface area contributed by atoms with E-state index in [0.29, 0.717) is 17.7 Å². The molecule has 0 unspecified atom stereocenters. The van der Waals surface area contributed by atoms with E-state index in [9.17, 15) is 9.59 Å². The summed E-state index contributed by atoms with van der Waals surface area (Å²) in [5.74, 6) is -0.362. The van der Waals surface area contributed by atoms with E-state index in [1.165, 1.54) is 4.90 Å². The third-order valence-corrected chi connectivity index (χ3v) is 5.19. The molecule has 29 heavy (non-hydrogen) atoms. The topological polar surface area (TPSA) is 62.6 Å². The molecule has 2 amide bonds. The first-order valence-electron chi connectivity index (χ1n) is 10.0. The first-order valence-corrected chi connectivity index (χ1v) is 10.0. The number of unbranched alkanes of at least 4 members (excludes halogenated alkanes) is 3. The Bertz CT molecular complexity index is 1010. The monoisotopic (exact) mass is 385 g/mol. The van der Waals surface area contributed by atoms with Gasteiger partial charge in [-0.25, -0.2) is 0 Å². The summed E-state index contributed by atoms with van der Waals surface area (Å²) in [4.78, 5) is 35.7. The molecule has 0 saturated carbocycles. The molecular formula is C24H23N3O2. The minimum atomic E-state index is -0.181. The van der Waals surface area contributed by atoms with E-state index in [1.807, 2.05) is 54.6 Å². The van der Waals surface area contributed by atoms with Crippen LogP contribution in [0.3, 0.4) is 0 Å². The van der Waals surface area contributed by atoms with E-state index >= 15 is 0 Å². The average Bonchev–Trinajstić information content (AvgIpc) is 2.76. The van der Waals surface area contributed by atoms with Crippen molar-refractivity contribution in [1.82, 2.24) is 9.88 Å². The van der Waals surface area contributed by atoms with E-state index < -0.39 is 0 Å². The van der Waals surface area contributed by atoms with Crippen LogP contribution < -0.4 is 0 Å². The largest absolute Gasteiger partial charge is 0.291 e. The highest BCUT2D eigenvalue weighted by atomic mass is 16.2. The number of hydrogen-bond donors (Lipinski definition) is 0. The highest BCUT2D eigenvalue weighted by molar-refractivity contribution is 6.25. The van der Waals surface area contributed by atoms with Crippen LogP contribution in [0, 0.1) is 0 Å². The smallest absolute Gasteiger partial charge is 0.261 e. The van der Waals surface area contributed by atoms with E-state index in [2.05, 4.69) is 9.98 Å². The second kappa shape index (κ2) is 8.78. The summed E-state index contributed by atoms with van der Waals surface area (Å²) in [7, 11) is 0. The molecular weight excluding hydrogens is 362 g/mol. The Kier molecular flexibility index (Phi) is 5.75. The van der Waals surface area contributed by atoms with E-state index in [4.69, 9.17) is 0 Å². The number of amides is 2. The molecule has 0 fully saturated rings. The van der Waals surface area contributed by atoms with Gasteiger partial charge in [0.15, 0.2) is 0 Å². The molecule has 4 rings (SSSR count). The van der Waals surface area contributed by atoms with Crippen LogP contribution >= 0.6 is 0 Å². The predicted octanol–water partition coefficient (Wildman–Crippen LogP) is 4.51. The van der Waals surface area contributed by atoms with Gasteiger partial charge < -0.3 is 0 Å². The molecule has 0 atom stereocenters. The number of nitrogens with zero attached hydrogens (tertiary/aromatic N) is 3. The van der Waals surface area contributed by atoms with Crippen LogP contribution in [0.1, 0.15) is 52.1 Å². The van der Waals surface area contributed by atoms with Gasteiger partial charge in [0.25, 0.3) is 11.8 Å². The lowest BCUT2D eigenvalue weighted by molar-refractivity contribution is 0.0608. The standard InChI is InChI=1S/C24H23N3O2/c28-23-20-12-7-9-18-10-8-13-21(22(18)20)24(29)27(23)16-6-2-1-4-14-25-17-19-11-3-5-15-26-19/h3,5,7-13,15,17H,1-2,4,6,14,16H2. The maximum atomic E-state index is 12.8. The van der Waals surface area contributed by atoms with Gasteiger partial charge in [0, 0.05) is 42.0 Å². The van der Waals surface area contributed by atoms with Crippen LogP contribution in [-0.2, 0) is 0 Å². The van der Waals surface area contributed by atoms with Crippen molar-refractivity contribution in [2.24, 2.45) is 4.99 Å². The summed E-state index contributed by atoms with van der Waals surface area (Å²) < 4.78 is 0. The number of rotatable bonds is 8. The van der Waals surface area contributed by atoms with Crippen LogP contribution in [0.15, 0.2) is 65.8 Å². The number of pyridine rings is 1. The van der Waals surface area contributed by atoms with Gasteiger partial charge in [0.2, 0.25) is 0 Å². The quantitative estimate of drug-likeness (QED) is 0.326. The summed E-state index contributed by atoms with van der Waals surface area (Å²) in [5.41, 5.74) is 2.12. The maximum Gasteiger partial charge on any atom is 0.261 e. The molecule has 0 radical (unpaired) electrons. The Morgan fingerprint density at radius 1 is 0.828 bits per heavy atom. The van der Waals surface area contributed by atoms with Crippen LogP contribution in [0.25, 0.3) is 10.8 Å². The lowest BCUT2D eigenvalue weighted by Gasteiger charge is -2.27. The molecule has 0 N–H and O–H groups in total. The highest BCUT2D eigenvalue weighted by Crippen LogP contribution is 2.30. The van der Waals surface area contributed by atoms with E-state index in [0.717, 1.165) is 48.7 Å². The van der Waals surface area contributed by atoms with Gasteiger partial charge in [0.05, 0.1) is 5.69 Å². The number of imide groups is 1. The molecule has 0 spiro atoms. The number of carbonyl (C=O) groups excluding carboxylic acids is 2. The Morgan fingerprint density at radius 3 is 2.24 bits per heavy atom. The van der Waals surface area contributed by atoms with Crippen LogP contribution in [0.2, 0.25) is 0 Å². The lowest BCUT2D eigenvalue weighted by atomic mass is 9.94. The van der Waals surface area contributed by atoms with Gasteiger partial charge in [-0.2, -0.15) is 0 Å². The third-order valence-electron chi connectivity index (χ3n) is 5.19. The van der Waals surface area contributed by atoms with Crippen molar-refractivity contribution in [1.29, 1.82) is 0 Å². The van der Waals surface area contributed by atoms with Crippen molar-refractivity contribution in [3.63, 3.8) is 0 Å². The molecule has 0 saturated heterocycles. The van der Waals surface area contributed by atoms with Crippen molar-refractivity contribution in [3.8, 4) is 0 Å². The summed E-state index contributed by atoms with van der Waals surface area (Å²) in [6.07, 6.45) is 7.31. The van der Waals surface area contributed by atoms with Gasteiger partial charge in [-0.05, 0) is 42.5 Å². The van der Waals surface area contributed by atoms with E-state index in [1.54, 1.807) is 12.4 Å². The SMILES string of the molecule is O=C1c2cccc3cccc(c23)C(=O)N1CCCCCCN=Cc1ccccn1. The number of hydrogen-bond acceptors (Lipinski definition) is 4. The number of benzene rings is 2.